The van der Waals surface area contributed by atoms with Crippen LogP contribution in [-0.2, 0) is 4.79 Å². The fourth-order valence-electron chi connectivity index (χ4n) is 2.35. The highest BCUT2D eigenvalue weighted by atomic mass is 16.5. The first-order chi connectivity index (χ1) is 9.97. The first kappa shape index (κ1) is 15.0. The van der Waals surface area contributed by atoms with Crippen LogP contribution in [0.5, 0.6) is 5.75 Å². The van der Waals surface area contributed by atoms with Gasteiger partial charge in [-0.2, -0.15) is 0 Å². The molecule has 110 valence electrons. The molecule has 21 heavy (non-hydrogen) atoms. The Kier molecular flexibility index (Phi) is 4.26. The molecule has 0 aliphatic heterocycles. The zero-order valence-corrected chi connectivity index (χ0v) is 12.3. The van der Waals surface area contributed by atoms with Gasteiger partial charge in [-0.1, -0.05) is 38.1 Å². The van der Waals surface area contributed by atoms with E-state index < -0.39 is 17.8 Å². The lowest BCUT2D eigenvalue weighted by Crippen LogP contribution is -2.25. The molecule has 0 radical (unpaired) electrons. The molecular formula is C17H18O4. The van der Waals surface area contributed by atoms with E-state index in [1.807, 2.05) is 24.3 Å². The first-order valence-electron chi connectivity index (χ1n) is 6.80. The standard InChI is InChI=1S/C17H18O4/c1-10(11(2)17(19)20)16(18)14-8-9-15(21-3)13-7-5-4-6-12(13)14/h4-11H,1-3H3,(H,19,20). The maximum atomic E-state index is 12.6. The van der Waals surface area contributed by atoms with Gasteiger partial charge in [0.25, 0.3) is 0 Å². The number of Topliss-reactive ketones (excluding diaryl/α,β-unsaturated/α-hetero) is 1. The van der Waals surface area contributed by atoms with Crippen molar-refractivity contribution >= 4 is 22.5 Å². The lowest BCUT2D eigenvalue weighted by atomic mass is 9.86. The van der Waals surface area contributed by atoms with Crippen molar-refractivity contribution in [2.45, 2.75) is 13.8 Å². The van der Waals surface area contributed by atoms with E-state index in [0.717, 1.165) is 10.8 Å². The maximum Gasteiger partial charge on any atom is 0.306 e. The van der Waals surface area contributed by atoms with Crippen molar-refractivity contribution in [3.8, 4) is 5.75 Å². The largest absolute Gasteiger partial charge is 0.496 e. The molecule has 2 aromatic carbocycles. The van der Waals surface area contributed by atoms with E-state index in [-0.39, 0.29) is 5.78 Å². The van der Waals surface area contributed by atoms with Crippen molar-refractivity contribution in [2.75, 3.05) is 7.11 Å². The highest BCUT2D eigenvalue weighted by Crippen LogP contribution is 2.30. The molecule has 0 aliphatic carbocycles. The third kappa shape index (κ3) is 2.75. The third-order valence-electron chi connectivity index (χ3n) is 3.92. The van der Waals surface area contributed by atoms with Gasteiger partial charge in [-0.25, -0.2) is 0 Å². The number of methoxy groups -OCH3 is 1. The fraction of sp³-hybridized carbons (Fsp3) is 0.294. The number of rotatable bonds is 5. The molecule has 0 heterocycles. The van der Waals surface area contributed by atoms with Crippen molar-refractivity contribution in [3.05, 3.63) is 42.0 Å². The second-order valence-electron chi connectivity index (χ2n) is 5.14. The Labute approximate surface area is 123 Å². The van der Waals surface area contributed by atoms with Gasteiger partial charge in [-0.3, -0.25) is 9.59 Å². The molecule has 1 N–H and O–H groups in total. The zero-order valence-electron chi connectivity index (χ0n) is 12.3. The van der Waals surface area contributed by atoms with E-state index in [1.165, 1.54) is 0 Å². The molecular weight excluding hydrogens is 268 g/mol. The summed E-state index contributed by atoms with van der Waals surface area (Å²) < 4.78 is 5.30. The Morgan fingerprint density at radius 2 is 1.62 bits per heavy atom. The van der Waals surface area contributed by atoms with E-state index in [0.29, 0.717) is 11.3 Å². The van der Waals surface area contributed by atoms with E-state index in [1.54, 1.807) is 33.1 Å². The zero-order chi connectivity index (χ0) is 15.6. The number of carboxylic acid groups (broad SMARTS) is 1. The molecule has 0 aromatic heterocycles. The molecule has 4 heteroatoms. The molecule has 2 rings (SSSR count). The van der Waals surface area contributed by atoms with Gasteiger partial charge in [-0.05, 0) is 17.5 Å². The van der Waals surface area contributed by atoms with Crippen molar-refractivity contribution in [2.24, 2.45) is 11.8 Å². The second kappa shape index (κ2) is 5.95. The molecule has 2 aromatic rings. The van der Waals surface area contributed by atoms with Gasteiger partial charge < -0.3 is 9.84 Å². The predicted molar refractivity (Wildman–Crippen MR) is 80.8 cm³/mol. The smallest absolute Gasteiger partial charge is 0.306 e. The molecule has 0 bridgehead atoms. The van der Waals surface area contributed by atoms with Crippen LogP contribution >= 0.6 is 0 Å². The predicted octanol–water partition coefficient (Wildman–Crippen LogP) is 3.39. The Bertz CT molecular complexity index is 690. The number of hydrogen-bond acceptors (Lipinski definition) is 3. The number of carbonyl (C=O) groups excluding carboxylic acids is 1. The van der Waals surface area contributed by atoms with Crippen molar-refractivity contribution in [1.82, 2.24) is 0 Å². The minimum atomic E-state index is -0.964. The number of carbonyl (C=O) groups is 2. The van der Waals surface area contributed by atoms with Gasteiger partial charge in [0.05, 0.1) is 13.0 Å². The van der Waals surface area contributed by atoms with Crippen LogP contribution in [0, 0.1) is 11.8 Å². The van der Waals surface area contributed by atoms with E-state index >= 15 is 0 Å². The molecule has 0 amide bonds. The number of aliphatic carboxylic acids is 1. The number of fused-ring (bicyclic) bond motifs is 1. The molecule has 0 spiro atoms. The topological polar surface area (TPSA) is 63.6 Å². The normalized spacial score (nSPS) is 13.7. The highest BCUT2D eigenvalue weighted by molar-refractivity contribution is 6.11. The summed E-state index contributed by atoms with van der Waals surface area (Å²) in [5, 5.41) is 10.7. The quantitative estimate of drug-likeness (QED) is 0.856. The number of ether oxygens (including phenoxy) is 1. The van der Waals surface area contributed by atoms with Crippen LogP contribution in [0.1, 0.15) is 24.2 Å². The van der Waals surface area contributed by atoms with Gasteiger partial charge in [0, 0.05) is 16.9 Å². The maximum absolute atomic E-state index is 12.6. The van der Waals surface area contributed by atoms with Gasteiger partial charge in [-0.15, -0.1) is 0 Å². The van der Waals surface area contributed by atoms with Gasteiger partial charge in [0.15, 0.2) is 5.78 Å². The summed E-state index contributed by atoms with van der Waals surface area (Å²) in [6, 6.07) is 10.9. The lowest BCUT2D eigenvalue weighted by molar-refractivity contribution is -0.142. The summed E-state index contributed by atoms with van der Waals surface area (Å²) in [4.78, 5) is 23.7. The summed E-state index contributed by atoms with van der Waals surface area (Å²) >= 11 is 0. The Balaban J connectivity index is 2.52. The average Bonchev–Trinajstić information content (AvgIpc) is 2.51. The minimum absolute atomic E-state index is 0.163. The van der Waals surface area contributed by atoms with Crippen LogP contribution in [0.4, 0.5) is 0 Å². The Morgan fingerprint density at radius 1 is 1.00 bits per heavy atom. The summed E-state index contributed by atoms with van der Waals surface area (Å²) in [5.74, 6) is -1.74. The van der Waals surface area contributed by atoms with Crippen LogP contribution in [0.15, 0.2) is 36.4 Å². The number of hydrogen-bond donors (Lipinski definition) is 1. The van der Waals surface area contributed by atoms with E-state index in [4.69, 9.17) is 9.84 Å². The van der Waals surface area contributed by atoms with Crippen LogP contribution < -0.4 is 4.74 Å². The Hall–Kier alpha value is -2.36. The second-order valence-corrected chi connectivity index (χ2v) is 5.14. The van der Waals surface area contributed by atoms with Crippen molar-refractivity contribution in [1.29, 1.82) is 0 Å². The number of benzene rings is 2. The van der Waals surface area contributed by atoms with Crippen molar-refractivity contribution < 1.29 is 19.4 Å². The summed E-state index contributed by atoms with van der Waals surface area (Å²) in [7, 11) is 1.58. The molecule has 0 saturated carbocycles. The van der Waals surface area contributed by atoms with Crippen LogP contribution in [0.2, 0.25) is 0 Å². The molecule has 2 atom stereocenters. The van der Waals surface area contributed by atoms with Crippen LogP contribution in [0.25, 0.3) is 10.8 Å². The van der Waals surface area contributed by atoms with Crippen LogP contribution in [-0.4, -0.2) is 24.0 Å². The summed E-state index contributed by atoms with van der Waals surface area (Å²) in [6.45, 7) is 3.21. The summed E-state index contributed by atoms with van der Waals surface area (Å²) in [6.07, 6.45) is 0. The van der Waals surface area contributed by atoms with E-state index in [9.17, 15) is 9.59 Å². The van der Waals surface area contributed by atoms with Gasteiger partial charge in [0.2, 0.25) is 0 Å². The van der Waals surface area contributed by atoms with E-state index in [2.05, 4.69) is 0 Å². The highest BCUT2D eigenvalue weighted by Gasteiger charge is 2.27. The lowest BCUT2D eigenvalue weighted by Gasteiger charge is -2.17. The van der Waals surface area contributed by atoms with Gasteiger partial charge >= 0.3 is 5.97 Å². The van der Waals surface area contributed by atoms with Gasteiger partial charge in [0.1, 0.15) is 5.75 Å². The molecule has 2 unspecified atom stereocenters. The fourth-order valence-corrected chi connectivity index (χ4v) is 2.35. The minimum Gasteiger partial charge on any atom is -0.496 e. The van der Waals surface area contributed by atoms with Crippen LogP contribution in [0.3, 0.4) is 0 Å². The molecule has 0 fully saturated rings. The molecule has 0 saturated heterocycles. The average molecular weight is 286 g/mol. The molecule has 4 nitrogen and oxygen atoms in total. The molecule has 0 aliphatic rings. The first-order valence-corrected chi connectivity index (χ1v) is 6.80. The summed E-state index contributed by atoms with van der Waals surface area (Å²) in [5.41, 5.74) is 0.534. The number of ketones is 1. The third-order valence-corrected chi connectivity index (χ3v) is 3.92. The Morgan fingerprint density at radius 3 is 2.19 bits per heavy atom. The monoisotopic (exact) mass is 286 g/mol. The number of carboxylic acids is 1. The van der Waals surface area contributed by atoms with Crippen molar-refractivity contribution in [3.63, 3.8) is 0 Å². The SMILES string of the molecule is COc1ccc(C(=O)C(C)C(C)C(=O)O)c2ccccc12.